The lowest BCUT2D eigenvalue weighted by Gasteiger charge is -2.24. The summed E-state index contributed by atoms with van der Waals surface area (Å²) < 4.78 is 0. The van der Waals surface area contributed by atoms with Crippen molar-refractivity contribution in [3.8, 4) is 0 Å². The number of hydrogen-bond acceptors (Lipinski definition) is 2. The van der Waals surface area contributed by atoms with Gasteiger partial charge in [0, 0.05) is 23.8 Å². The lowest BCUT2D eigenvalue weighted by Crippen LogP contribution is -2.25. The summed E-state index contributed by atoms with van der Waals surface area (Å²) in [7, 11) is 0. The van der Waals surface area contributed by atoms with Crippen molar-refractivity contribution in [1.82, 2.24) is 0 Å². The highest BCUT2D eigenvalue weighted by Gasteiger charge is 2.04. The van der Waals surface area contributed by atoms with Gasteiger partial charge in [0.25, 0.3) is 0 Å². The monoisotopic (exact) mass is 369 g/mol. The van der Waals surface area contributed by atoms with E-state index in [1.165, 1.54) is 18.5 Å². The maximum Gasteiger partial charge on any atom is 0.124 e. The van der Waals surface area contributed by atoms with Crippen molar-refractivity contribution in [2.24, 2.45) is 10.7 Å². The van der Waals surface area contributed by atoms with Crippen LogP contribution < -0.4 is 10.6 Å². The van der Waals surface area contributed by atoms with Crippen LogP contribution in [0.4, 0.5) is 11.4 Å². The van der Waals surface area contributed by atoms with E-state index < -0.39 is 0 Å². The van der Waals surface area contributed by atoms with Crippen molar-refractivity contribution in [3.05, 3.63) is 65.2 Å². The van der Waals surface area contributed by atoms with E-state index in [2.05, 4.69) is 48.0 Å². The normalized spacial score (nSPS) is 11.9. The molecule has 2 aromatic rings. The van der Waals surface area contributed by atoms with Crippen molar-refractivity contribution in [2.45, 2.75) is 33.1 Å². The van der Waals surface area contributed by atoms with Gasteiger partial charge in [-0.1, -0.05) is 50.1 Å². The molecule has 4 heteroatoms. The maximum atomic E-state index is 5.99. The minimum Gasteiger partial charge on any atom is -0.384 e. The van der Waals surface area contributed by atoms with Gasteiger partial charge in [-0.15, -0.1) is 0 Å². The van der Waals surface area contributed by atoms with E-state index in [0.29, 0.717) is 10.9 Å². The van der Waals surface area contributed by atoms with Crippen molar-refractivity contribution < 1.29 is 0 Å². The molecule has 0 spiro atoms. The topological polar surface area (TPSA) is 41.6 Å². The molecule has 0 aliphatic rings. The minimum absolute atomic E-state index is 0.465. The fraction of sp³-hybridized carbons (Fsp3) is 0.318. The molecular weight excluding hydrogens is 342 g/mol. The number of hydrogen-bond donors (Lipinski definition) is 1. The van der Waals surface area contributed by atoms with Crippen LogP contribution in [-0.2, 0) is 0 Å². The SMILES string of the molecule is CCCCN(CCC)c1ccc(/C=C/C(N)=Nc2ccc(Cl)cc2)cc1. The third-order valence-corrected chi connectivity index (χ3v) is 4.32. The van der Waals surface area contributed by atoms with Crippen LogP contribution in [0.1, 0.15) is 38.7 Å². The third-order valence-electron chi connectivity index (χ3n) is 4.06. The molecule has 26 heavy (non-hydrogen) atoms. The summed E-state index contributed by atoms with van der Waals surface area (Å²) in [5.41, 5.74) is 9.16. The molecule has 2 rings (SSSR count). The van der Waals surface area contributed by atoms with Crippen molar-refractivity contribution in [3.63, 3.8) is 0 Å². The largest absolute Gasteiger partial charge is 0.384 e. The molecule has 0 unspecified atom stereocenters. The molecule has 0 heterocycles. The van der Waals surface area contributed by atoms with Crippen LogP contribution in [0.2, 0.25) is 5.02 Å². The number of halogens is 1. The first-order valence-corrected chi connectivity index (χ1v) is 9.63. The van der Waals surface area contributed by atoms with Crippen molar-refractivity contribution in [1.29, 1.82) is 0 Å². The van der Waals surface area contributed by atoms with Crippen LogP contribution in [-0.4, -0.2) is 18.9 Å². The minimum atomic E-state index is 0.465. The van der Waals surface area contributed by atoms with E-state index >= 15 is 0 Å². The summed E-state index contributed by atoms with van der Waals surface area (Å²) in [5, 5.41) is 0.689. The van der Waals surface area contributed by atoms with E-state index in [9.17, 15) is 0 Å². The molecule has 0 saturated carbocycles. The lowest BCUT2D eigenvalue weighted by molar-refractivity contribution is 0.704. The van der Waals surface area contributed by atoms with Crippen LogP contribution in [0.15, 0.2) is 59.6 Å². The summed E-state index contributed by atoms with van der Waals surface area (Å²) >= 11 is 5.87. The molecule has 0 saturated heterocycles. The highest BCUT2D eigenvalue weighted by Crippen LogP contribution is 2.18. The first-order chi connectivity index (χ1) is 12.6. The van der Waals surface area contributed by atoms with Crippen LogP contribution in [0.5, 0.6) is 0 Å². The van der Waals surface area contributed by atoms with Crippen LogP contribution >= 0.6 is 11.6 Å². The second-order valence-corrected chi connectivity index (χ2v) is 6.71. The number of unbranched alkanes of at least 4 members (excludes halogenated alkanes) is 1. The number of benzene rings is 2. The zero-order valence-electron chi connectivity index (χ0n) is 15.7. The fourth-order valence-corrected chi connectivity index (χ4v) is 2.79. The summed E-state index contributed by atoms with van der Waals surface area (Å²) in [5.74, 6) is 0.465. The molecule has 0 bridgehead atoms. The van der Waals surface area contributed by atoms with E-state index in [1.54, 1.807) is 12.1 Å². The van der Waals surface area contributed by atoms with Gasteiger partial charge in [0.15, 0.2) is 0 Å². The Hall–Kier alpha value is -2.26. The van der Waals surface area contributed by atoms with Gasteiger partial charge < -0.3 is 10.6 Å². The molecule has 0 fully saturated rings. The highest BCUT2D eigenvalue weighted by atomic mass is 35.5. The second kappa shape index (κ2) is 10.7. The van der Waals surface area contributed by atoms with Gasteiger partial charge in [0.2, 0.25) is 0 Å². The van der Waals surface area contributed by atoms with Gasteiger partial charge >= 0.3 is 0 Å². The van der Waals surface area contributed by atoms with Crippen molar-refractivity contribution in [2.75, 3.05) is 18.0 Å². The standard InChI is InChI=1S/C22H28ClN3/c1-3-5-17-26(16-4-2)21-13-6-18(7-14-21)8-15-22(24)25-20-11-9-19(23)10-12-20/h6-15H,3-5,16-17H2,1-2H3,(H2,24,25)/b15-8+. The van der Waals surface area contributed by atoms with Gasteiger partial charge in [-0.25, -0.2) is 4.99 Å². The molecule has 2 N–H and O–H groups in total. The van der Waals surface area contributed by atoms with E-state index in [0.717, 1.165) is 30.8 Å². The first-order valence-electron chi connectivity index (χ1n) is 9.25. The average Bonchev–Trinajstić information content (AvgIpc) is 2.66. The van der Waals surface area contributed by atoms with Crippen molar-refractivity contribution >= 4 is 34.9 Å². The molecule has 0 atom stereocenters. The third kappa shape index (κ3) is 6.57. The summed E-state index contributed by atoms with van der Waals surface area (Å²) in [6.45, 7) is 6.66. The van der Waals surface area contributed by atoms with Gasteiger partial charge in [-0.05, 0) is 60.9 Å². The molecule has 0 aliphatic heterocycles. The highest BCUT2D eigenvalue weighted by molar-refractivity contribution is 6.30. The van der Waals surface area contributed by atoms with Gasteiger partial charge in [0.1, 0.15) is 5.84 Å². The lowest BCUT2D eigenvalue weighted by atomic mass is 10.1. The Bertz CT molecular complexity index is 718. The van der Waals surface area contributed by atoms with Gasteiger partial charge in [0.05, 0.1) is 5.69 Å². The Kier molecular flexibility index (Phi) is 8.23. The summed E-state index contributed by atoms with van der Waals surface area (Å²) in [6, 6.07) is 15.9. The number of rotatable bonds is 9. The Morgan fingerprint density at radius 1 is 1.00 bits per heavy atom. The van der Waals surface area contributed by atoms with E-state index in [1.807, 2.05) is 24.3 Å². The Balaban J connectivity index is 2.02. The summed E-state index contributed by atoms with van der Waals surface area (Å²) in [4.78, 5) is 6.81. The quantitative estimate of drug-likeness (QED) is 0.431. The Morgan fingerprint density at radius 2 is 1.69 bits per heavy atom. The van der Waals surface area contributed by atoms with Crippen LogP contribution in [0.3, 0.4) is 0 Å². The molecule has 0 radical (unpaired) electrons. The van der Waals surface area contributed by atoms with Crippen LogP contribution in [0.25, 0.3) is 6.08 Å². The zero-order chi connectivity index (χ0) is 18.8. The number of anilines is 1. The molecular formula is C22H28ClN3. The Labute approximate surface area is 162 Å². The summed E-state index contributed by atoms with van der Waals surface area (Å²) in [6.07, 6.45) is 7.40. The van der Waals surface area contributed by atoms with E-state index in [-0.39, 0.29) is 0 Å². The molecule has 0 amide bonds. The predicted octanol–water partition coefficient (Wildman–Crippen LogP) is 6.06. The average molecular weight is 370 g/mol. The zero-order valence-corrected chi connectivity index (χ0v) is 16.4. The number of nitrogens with two attached hydrogens (primary N) is 1. The number of aliphatic imine (C=N–C) groups is 1. The molecule has 3 nitrogen and oxygen atoms in total. The molecule has 2 aromatic carbocycles. The smallest absolute Gasteiger partial charge is 0.124 e. The van der Waals surface area contributed by atoms with Gasteiger partial charge in [-0.3, -0.25) is 0 Å². The number of nitrogens with zero attached hydrogens (tertiary/aromatic N) is 2. The maximum absolute atomic E-state index is 5.99. The van der Waals surface area contributed by atoms with Crippen LogP contribution in [0, 0.1) is 0 Å². The van der Waals surface area contributed by atoms with E-state index in [4.69, 9.17) is 17.3 Å². The second-order valence-electron chi connectivity index (χ2n) is 6.28. The predicted molar refractivity (Wildman–Crippen MR) is 116 cm³/mol. The fourth-order valence-electron chi connectivity index (χ4n) is 2.67. The first kappa shape index (κ1) is 20.1. The molecule has 0 aliphatic carbocycles. The molecule has 0 aromatic heterocycles. The van der Waals surface area contributed by atoms with Gasteiger partial charge in [-0.2, -0.15) is 0 Å². The Morgan fingerprint density at radius 3 is 2.31 bits per heavy atom. The number of amidine groups is 1. The molecule has 138 valence electrons.